The van der Waals surface area contributed by atoms with Gasteiger partial charge in [0.2, 0.25) is 11.8 Å². The SMILES string of the molecule is Cn1nc(C2CCC(=O)NC2=O)c2cccc(OCC(=O)NCc3cscn3)c21. The van der Waals surface area contributed by atoms with Crippen LogP contribution in [0.3, 0.4) is 0 Å². The summed E-state index contributed by atoms with van der Waals surface area (Å²) in [6.07, 6.45) is 0.699. The number of benzene rings is 1. The molecule has 0 aliphatic carbocycles. The van der Waals surface area contributed by atoms with Crippen LogP contribution in [0, 0.1) is 0 Å². The van der Waals surface area contributed by atoms with Gasteiger partial charge in [-0.25, -0.2) is 4.98 Å². The van der Waals surface area contributed by atoms with Crippen molar-refractivity contribution in [2.45, 2.75) is 25.3 Å². The molecular formula is C19H19N5O4S. The van der Waals surface area contributed by atoms with E-state index >= 15 is 0 Å². The number of para-hydroxylation sites is 1. The summed E-state index contributed by atoms with van der Waals surface area (Å²) in [7, 11) is 1.76. The molecule has 1 aliphatic rings. The van der Waals surface area contributed by atoms with Gasteiger partial charge in [0, 0.05) is 24.2 Å². The number of hydrogen-bond donors (Lipinski definition) is 2. The van der Waals surface area contributed by atoms with Gasteiger partial charge in [0.25, 0.3) is 5.91 Å². The van der Waals surface area contributed by atoms with E-state index in [4.69, 9.17) is 4.74 Å². The Morgan fingerprint density at radius 2 is 2.28 bits per heavy atom. The summed E-state index contributed by atoms with van der Waals surface area (Å²) in [6.45, 7) is 0.198. The number of thiazole rings is 1. The number of ether oxygens (including phenoxy) is 1. The van der Waals surface area contributed by atoms with Gasteiger partial charge in [-0.3, -0.25) is 24.4 Å². The zero-order valence-corrected chi connectivity index (χ0v) is 16.5. The summed E-state index contributed by atoms with van der Waals surface area (Å²) >= 11 is 1.47. The van der Waals surface area contributed by atoms with Gasteiger partial charge < -0.3 is 10.1 Å². The fraction of sp³-hybridized carbons (Fsp3) is 0.316. The summed E-state index contributed by atoms with van der Waals surface area (Å²) in [5.74, 6) is -0.858. The first-order valence-electron chi connectivity index (χ1n) is 9.09. The lowest BCUT2D eigenvalue weighted by atomic mass is 9.93. The maximum Gasteiger partial charge on any atom is 0.258 e. The van der Waals surface area contributed by atoms with Crippen molar-refractivity contribution in [1.82, 2.24) is 25.4 Å². The summed E-state index contributed by atoms with van der Waals surface area (Å²) in [5, 5.41) is 12.3. The zero-order chi connectivity index (χ0) is 20.4. The van der Waals surface area contributed by atoms with Gasteiger partial charge in [-0.2, -0.15) is 5.10 Å². The molecule has 0 spiro atoms. The molecular weight excluding hydrogens is 394 g/mol. The molecule has 3 heterocycles. The fourth-order valence-corrected chi connectivity index (χ4v) is 3.92. The van der Waals surface area contributed by atoms with Crippen molar-refractivity contribution in [3.05, 3.63) is 40.5 Å². The molecule has 0 saturated carbocycles. The van der Waals surface area contributed by atoms with Gasteiger partial charge >= 0.3 is 0 Å². The molecule has 1 fully saturated rings. The third-order valence-corrected chi connectivity index (χ3v) is 5.37. The number of carbonyl (C=O) groups excluding carboxylic acids is 3. The fourth-order valence-electron chi connectivity index (χ4n) is 3.36. The van der Waals surface area contributed by atoms with E-state index in [2.05, 4.69) is 20.7 Å². The number of aromatic nitrogens is 3. The molecule has 1 saturated heterocycles. The lowest BCUT2D eigenvalue weighted by molar-refractivity contribution is -0.134. The summed E-state index contributed by atoms with van der Waals surface area (Å²) < 4.78 is 7.37. The molecule has 2 aromatic heterocycles. The van der Waals surface area contributed by atoms with Crippen LogP contribution in [0.2, 0.25) is 0 Å². The van der Waals surface area contributed by atoms with Crippen molar-refractivity contribution in [1.29, 1.82) is 0 Å². The van der Waals surface area contributed by atoms with Crippen LogP contribution in [0.15, 0.2) is 29.1 Å². The third kappa shape index (κ3) is 3.97. The van der Waals surface area contributed by atoms with Gasteiger partial charge in [0.05, 0.1) is 29.4 Å². The predicted octanol–water partition coefficient (Wildman–Crippen LogP) is 1.25. The molecule has 0 radical (unpaired) electrons. The van der Waals surface area contributed by atoms with Crippen molar-refractivity contribution < 1.29 is 19.1 Å². The standard InChI is InChI=1S/C19H19N5O4S/c1-24-18-12(17(23-24)13-5-6-15(25)22-19(13)27)3-2-4-14(18)28-8-16(26)20-7-11-9-29-10-21-11/h2-4,9-10,13H,5-8H2,1H3,(H,20,26)(H,22,25,27). The molecule has 1 aliphatic heterocycles. The lowest BCUT2D eigenvalue weighted by Crippen LogP contribution is -2.39. The molecule has 1 atom stereocenters. The number of nitrogens with one attached hydrogen (secondary N) is 2. The van der Waals surface area contributed by atoms with E-state index in [1.54, 1.807) is 29.4 Å². The minimum absolute atomic E-state index is 0.151. The number of rotatable bonds is 6. The van der Waals surface area contributed by atoms with Crippen LogP contribution in [0.25, 0.3) is 10.9 Å². The Morgan fingerprint density at radius 3 is 3.03 bits per heavy atom. The molecule has 1 aromatic carbocycles. The monoisotopic (exact) mass is 413 g/mol. The van der Waals surface area contributed by atoms with Crippen LogP contribution < -0.4 is 15.4 Å². The van der Waals surface area contributed by atoms with E-state index in [1.165, 1.54) is 11.3 Å². The first kappa shape index (κ1) is 19.1. The van der Waals surface area contributed by atoms with Crippen molar-refractivity contribution >= 4 is 40.0 Å². The Kier molecular flexibility index (Phi) is 5.26. The van der Waals surface area contributed by atoms with E-state index in [0.717, 1.165) is 11.1 Å². The first-order chi connectivity index (χ1) is 14.0. The van der Waals surface area contributed by atoms with Crippen LogP contribution in [0.5, 0.6) is 5.75 Å². The molecule has 150 valence electrons. The van der Waals surface area contributed by atoms with Gasteiger partial charge in [0.15, 0.2) is 6.61 Å². The van der Waals surface area contributed by atoms with Gasteiger partial charge in [-0.1, -0.05) is 12.1 Å². The second-order valence-corrected chi connectivity index (χ2v) is 7.43. The number of carbonyl (C=O) groups is 3. The highest BCUT2D eigenvalue weighted by molar-refractivity contribution is 7.07. The molecule has 29 heavy (non-hydrogen) atoms. The number of nitrogens with zero attached hydrogens (tertiary/aromatic N) is 3. The smallest absolute Gasteiger partial charge is 0.258 e. The molecule has 4 rings (SSSR count). The minimum Gasteiger partial charge on any atom is -0.482 e. The molecule has 3 aromatic rings. The quantitative estimate of drug-likeness (QED) is 0.588. The Labute approximate surface area is 170 Å². The molecule has 0 bridgehead atoms. The highest BCUT2D eigenvalue weighted by Gasteiger charge is 2.32. The van der Waals surface area contributed by atoms with Gasteiger partial charge in [-0.05, 0) is 12.5 Å². The average Bonchev–Trinajstić information content (AvgIpc) is 3.33. The van der Waals surface area contributed by atoms with E-state index in [0.29, 0.717) is 29.9 Å². The van der Waals surface area contributed by atoms with Crippen LogP contribution in [-0.2, 0) is 28.0 Å². The highest BCUT2D eigenvalue weighted by Crippen LogP contribution is 2.34. The molecule has 10 heteroatoms. The average molecular weight is 413 g/mol. The van der Waals surface area contributed by atoms with Crippen LogP contribution in [-0.4, -0.2) is 39.1 Å². The summed E-state index contributed by atoms with van der Waals surface area (Å²) in [5.41, 5.74) is 3.80. The summed E-state index contributed by atoms with van der Waals surface area (Å²) in [4.78, 5) is 39.9. The molecule has 2 N–H and O–H groups in total. The Morgan fingerprint density at radius 1 is 1.41 bits per heavy atom. The van der Waals surface area contributed by atoms with Gasteiger partial charge in [0.1, 0.15) is 11.3 Å². The van der Waals surface area contributed by atoms with Crippen molar-refractivity contribution in [2.24, 2.45) is 7.05 Å². The number of piperidine rings is 1. The van der Waals surface area contributed by atoms with Gasteiger partial charge in [-0.15, -0.1) is 11.3 Å². The van der Waals surface area contributed by atoms with Crippen molar-refractivity contribution in [3.63, 3.8) is 0 Å². The van der Waals surface area contributed by atoms with Crippen molar-refractivity contribution in [3.8, 4) is 5.75 Å². The van der Waals surface area contributed by atoms with Crippen LogP contribution >= 0.6 is 11.3 Å². The highest BCUT2D eigenvalue weighted by atomic mass is 32.1. The largest absolute Gasteiger partial charge is 0.482 e. The van der Waals surface area contributed by atoms with E-state index < -0.39 is 5.92 Å². The Balaban J connectivity index is 1.50. The maximum atomic E-state index is 12.3. The van der Waals surface area contributed by atoms with Crippen LogP contribution in [0.1, 0.15) is 30.1 Å². The topological polar surface area (TPSA) is 115 Å². The minimum atomic E-state index is -0.493. The third-order valence-electron chi connectivity index (χ3n) is 4.73. The number of fused-ring (bicyclic) bond motifs is 1. The molecule has 3 amide bonds. The normalized spacial score (nSPS) is 16.7. The number of aryl methyl sites for hydroxylation is 1. The summed E-state index contributed by atoms with van der Waals surface area (Å²) in [6, 6.07) is 5.41. The Bertz CT molecular complexity index is 1080. The Hall–Kier alpha value is -3.27. The second kappa shape index (κ2) is 8.00. The van der Waals surface area contributed by atoms with Crippen molar-refractivity contribution in [2.75, 3.05) is 6.61 Å². The van der Waals surface area contributed by atoms with E-state index in [9.17, 15) is 14.4 Å². The number of hydrogen-bond acceptors (Lipinski definition) is 7. The van der Waals surface area contributed by atoms with E-state index in [1.807, 2.05) is 11.4 Å². The first-order valence-corrected chi connectivity index (χ1v) is 10.0. The zero-order valence-electron chi connectivity index (χ0n) is 15.7. The molecule has 1 unspecified atom stereocenters. The maximum absolute atomic E-state index is 12.3. The van der Waals surface area contributed by atoms with E-state index in [-0.39, 0.29) is 30.7 Å². The molecule has 9 nitrogen and oxygen atoms in total. The lowest BCUT2D eigenvalue weighted by Gasteiger charge is -2.19. The second-order valence-electron chi connectivity index (χ2n) is 6.71. The predicted molar refractivity (Wildman–Crippen MR) is 105 cm³/mol. The number of amides is 3. The van der Waals surface area contributed by atoms with Crippen LogP contribution in [0.4, 0.5) is 0 Å². The number of imide groups is 1.